The highest BCUT2D eigenvalue weighted by Crippen LogP contribution is 2.37. The maximum atomic E-state index is 11.6. The van der Waals surface area contributed by atoms with Crippen molar-refractivity contribution < 1.29 is 9.53 Å². The number of ketones is 1. The van der Waals surface area contributed by atoms with E-state index in [9.17, 15) is 4.79 Å². The summed E-state index contributed by atoms with van der Waals surface area (Å²) >= 11 is 6.07. The van der Waals surface area contributed by atoms with Gasteiger partial charge in [0.25, 0.3) is 0 Å². The van der Waals surface area contributed by atoms with Crippen LogP contribution in [0.4, 0.5) is 5.69 Å². The molecular weight excluding hydrogens is 370 g/mol. The third kappa shape index (κ3) is 4.93. The van der Waals surface area contributed by atoms with E-state index in [1.165, 1.54) is 0 Å². The van der Waals surface area contributed by atoms with Crippen molar-refractivity contribution in [1.29, 1.82) is 0 Å². The lowest BCUT2D eigenvalue weighted by atomic mass is 10.00. The highest BCUT2D eigenvalue weighted by Gasteiger charge is 2.15. The Balaban J connectivity index is 1.98. The molecule has 1 unspecified atom stereocenters. The third-order valence-corrected chi connectivity index (χ3v) is 4.90. The van der Waals surface area contributed by atoms with Crippen LogP contribution >= 0.6 is 11.6 Å². The average molecular weight is 394 g/mol. The Kier molecular flexibility index (Phi) is 6.37. The van der Waals surface area contributed by atoms with Crippen molar-refractivity contribution in [2.45, 2.75) is 33.4 Å². The van der Waals surface area contributed by atoms with Gasteiger partial charge in [-0.05, 0) is 61.7 Å². The Morgan fingerprint density at radius 3 is 2.39 bits per heavy atom. The smallest absolute Gasteiger partial charge is 0.151 e. The summed E-state index contributed by atoms with van der Waals surface area (Å²) in [4.78, 5) is 11.6. The molecule has 4 heteroatoms. The Morgan fingerprint density at radius 2 is 1.75 bits per heavy atom. The number of halogens is 1. The number of anilines is 1. The predicted octanol–water partition coefficient (Wildman–Crippen LogP) is 6.28. The molecular formula is C24H24ClNO2. The molecule has 0 aliphatic rings. The van der Waals surface area contributed by atoms with Crippen molar-refractivity contribution in [3.05, 3.63) is 82.9 Å². The molecule has 0 bridgehead atoms. The summed E-state index contributed by atoms with van der Waals surface area (Å²) in [5.74, 6) is 0.919. The molecule has 3 rings (SSSR count). The lowest BCUT2D eigenvalue weighted by molar-refractivity contribution is -0.117. The molecule has 0 radical (unpaired) electrons. The van der Waals surface area contributed by atoms with E-state index in [1.807, 2.05) is 80.6 Å². The minimum Gasteiger partial charge on any atom is -0.488 e. The van der Waals surface area contributed by atoms with Gasteiger partial charge < -0.3 is 10.1 Å². The Labute approximate surface area is 171 Å². The first-order valence-electron chi connectivity index (χ1n) is 9.28. The molecule has 0 aliphatic heterocycles. The van der Waals surface area contributed by atoms with Crippen molar-refractivity contribution in [3.8, 4) is 16.9 Å². The second-order valence-corrected chi connectivity index (χ2v) is 7.36. The number of nitrogens with one attached hydrogen (secondary N) is 1. The zero-order valence-electron chi connectivity index (χ0n) is 16.3. The van der Waals surface area contributed by atoms with E-state index in [0.29, 0.717) is 11.6 Å². The Bertz CT molecular complexity index is 952. The molecule has 144 valence electrons. The molecule has 1 atom stereocenters. The summed E-state index contributed by atoms with van der Waals surface area (Å²) in [7, 11) is 0. The summed E-state index contributed by atoms with van der Waals surface area (Å²) in [5.41, 5.74) is 4.97. The lowest BCUT2D eigenvalue weighted by Crippen LogP contribution is -2.23. The number of rotatable bonds is 7. The number of hydrogen-bond donors (Lipinski definition) is 1. The maximum absolute atomic E-state index is 11.6. The van der Waals surface area contributed by atoms with Crippen molar-refractivity contribution >= 4 is 23.1 Å². The number of ether oxygens (including phenoxy) is 1. The van der Waals surface area contributed by atoms with Crippen LogP contribution in [-0.2, 0) is 11.4 Å². The fourth-order valence-electron chi connectivity index (χ4n) is 2.97. The molecule has 3 aromatic rings. The summed E-state index contributed by atoms with van der Waals surface area (Å²) in [6, 6.07) is 21.5. The van der Waals surface area contributed by atoms with Crippen LogP contribution in [0, 0.1) is 6.92 Å². The average Bonchev–Trinajstić information content (AvgIpc) is 2.68. The first-order valence-corrected chi connectivity index (χ1v) is 9.66. The highest BCUT2D eigenvalue weighted by molar-refractivity contribution is 6.30. The first-order chi connectivity index (χ1) is 13.4. The van der Waals surface area contributed by atoms with Crippen LogP contribution < -0.4 is 10.1 Å². The third-order valence-electron chi connectivity index (χ3n) is 4.65. The SMILES string of the molecule is CC(=O)C(C)Nc1cc(C)c(OCc2ccccc2)c(-c2ccc(Cl)cc2)c1. The number of Topliss-reactive ketones (excluding diaryl/α,β-unsaturated/α-hetero) is 1. The zero-order chi connectivity index (χ0) is 20.1. The van der Waals surface area contributed by atoms with Crippen LogP contribution in [-0.4, -0.2) is 11.8 Å². The summed E-state index contributed by atoms with van der Waals surface area (Å²) in [6.45, 7) is 5.95. The zero-order valence-corrected chi connectivity index (χ0v) is 17.1. The number of hydrogen-bond acceptors (Lipinski definition) is 3. The summed E-state index contributed by atoms with van der Waals surface area (Å²) in [6.07, 6.45) is 0. The van der Waals surface area contributed by atoms with Gasteiger partial charge in [0, 0.05) is 16.3 Å². The van der Waals surface area contributed by atoms with E-state index < -0.39 is 0 Å². The van der Waals surface area contributed by atoms with Crippen molar-refractivity contribution in [2.24, 2.45) is 0 Å². The molecule has 0 spiro atoms. The molecule has 0 amide bonds. The Morgan fingerprint density at radius 1 is 1.07 bits per heavy atom. The normalized spacial score (nSPS) is 11.7. The molecule has 3 aromatic carbocycles. The highest BCUT2D eigenvalue weighted by atomic mass is 35.5. The van der Waals surface area contributed by atoms with Crippen molar-refractivity contribution in [3.63, 3.8) is 0 Å². The van der Waals surface area contributed by atoms with E-state index in [-0.39, 0.29) is 11.8 Å². The van der Waals surface area contributed by atoms with E-state index in [0.717, 1.165) is 33.7 Å². The van der Waals surface area contributed by atoms with Gasteiger partial charge >= 0.3 is 0 Å². The molecule has 0 heterocycles. The van der Waals surface area contributed by atoms with Gasteiger partial charge in [-0.1, -0.05) is 54.1 Å². The minimum absolute atomic E-state index is 0.0927. The van der Waals surface area contributed by atoms with Gasteiger partial charge in [-0.3, -0.25) is 4.79 Å². The monoisotopic (exact) mass is 393 g/mol. The molecule has 3 nitrogen and oxygen atoms in total. The topological polar surface area (TPSA) is 38.3 Å². The Hall–Kier alpha value is -2.78. The van der Waals surface area contributed by atoms with Crippen molar-refractivity contribution in [2.75, 3.05) is 5.32 Å². The van der Waals surface area contributed by atoms with Gasteiger partial charge in [-0.25, -0.2) is 0 Å². The van der Waals surface area contributed by atoms with Gasteiger partial charge in [0.15, 0.2) is 5.78 Å². The maximum Gasteiger partial charge on any atom is 0.151 e. The van der Waals surface area contributed by atoms with E-state index in [1.54, 1.807) is 6.92 Å². The fourth-order valence-corrected chi connectivity index (χ4v) is 3.10. The van der Waals surface area contributed by atoms with E-state index >= 15 is 0 Å². The summed E-state index contributed by atoms with van der Waals surface area (Å²) < 4.78 is 6.22. The predicted molar refractivity (Wildman–Crippen MR) is 116 cm³/mol. The molecule has 0 aromatic heterocycles. The first kappa shape index (κ1) is 20.0. The largest absolute Gasteiger partial charge is 0.488 e. The van der Waals surface area contributed by atoms with Crippen LogP contribution in [0.25, 0.3) is 11.1 Å². The molecule has 0 fully saturated rings. The molecule has 1 N–H and O–H groups in total. The van der Waals surface area contributed by atoms with Crippen LogP contribution in [0.2, 0.25) is 5.02 Å². The van der Waals surface area contributed by atoms with Crippen LogP contribution in [0.5, 0.6) is 5.75 Å². The van der Waals surface area contributed by atoms with Crippen LogP contribution in [0.15, 0.2) is 66.7 Å². The summed E-state index contributed by atoms with van der Waals surface area (Å²) in [5, 5.41) is 3.96. The number of benzene rings is 3. The van der Waals surface area contributed by atoms with Gasteiger partial charge in [0.1, 0.15) is 12.4 Å². The van der Waals surface area contributed by atoms with Crippen LogP contribution in [0.3, 0.4) is 0 Å². The standard InChI is InChI=1S/C24H24ClNO2/c1-16-13-22(26-17(2)18(3)27)14-23(20-9-11-21(25)12-10-20)24(16)28-15-19-7-5-4-6-8-19/h4-14,17,26H,15H2,1-3H3. The van der Waals surface area contributed by atoms with Gasteiger partial charge in [-0.2, -0.15) is 0 Å². The van der Waals surface area contributed by atoms with Gasteiger partial charge in [0.05, 0.1) is 6.04 Å². The molecule has 0 aliphatic carbocycles. The van der Waals surface area contributed by atoms with Gasteiger partial charge in [0.2, 0.25) is 0 Å². The second-order valence-electron chi connectivity index (χ2n) is 6.93. The van der Waals surface area contributed by atoms with Crippen molar-refractivity contribution in [1.82, 2.24) is 0 Å². The molecule has 0 saturated carbocycles. The number of carbonyl (C=O) groups excluding carboxylic acids is 1. The molecule has 0 saturated heterocycles. The lowest BCUT2D eigenvalue weighted by Gasteiger charge is -2.19. The van der Waals surface area contributed by atoms with E-state index in [4.69, 9.17) is 16.3 Å². The number of aryl methyl sites for hydroxylation is 1. The number of carbonyl (C=O) groups is 1. The second kappa shape index (κ2) is 8.94. The van der Waals surface area contributed by atoms with Crippen LogP contribution in [0.1, 0.15) is 25.0 Å². The minimum atomic E-state index is -0.256. The molecule has 28 heavy (non-hydrogen) atoms. The quantitative estimate of drug-likeness (QED) is 0.513. The van der Waals surface area contributed by atoms with Gasteiger partial charge in [-0.15, -0.1) is 0 Å². The van der Waals surface area contributed by atoms with E-state index in [2.05, 4.69) is 5.32 Å². The fraction of sp³-hybridized carbons (Fsp3) is 0.208.